The highest BCUT2D eigenvalue weighted by atomic mass is 16.3. The highest BCUT2D eigenvalue weighted by Crippen LogP contribution is 2.39. The van der Waals surface area contributed by atoms with Crippen LogP contribution >= 0.6 is 0 Å². The Bertz CT molecular complexity index is 981. The molecule has 5 nitrogen and oxygen atoms in total. The van der Waals surface area contributed by atoms with Crippen molar-refractivity contribution in [1.29, 1.82) is 0 Å². The number of carbonyl (C=O) groups is 1. The average Bonchev–Trinajstić information content (AvgIpc) is 3.14. The van der Waals surface area contributed by atoms with Gasteiger partial charge in [0.15, 0.2) is 5.54 Å². The fourth-order valence-corrected chi connectivity index (χ4v) is 5.49. The minimum Gasteiger partial charge on any atom is -0.385 e. The minimum atomic E-state index is -0.785. The van der Waals surface area contributed by atoms with Gasteiger partial charge in [0.05, 0.1) is 5.60 Å². The third kappa shape index (κ3) is 4.82. The number of amides is 1. The Labute approximate surface area is 204 Å². The van der Waals surface area contributed by atoms with Gasteiger partial charge < -0.3 is 10.0 Å². The number of carbonyl (C=O) groups excluding carboxylic acids is 1. The Morgan fingerprint density at radius 2 is 1.53 bits per heavy atom. The number of hydrogen-bond donors (Lipinski definition) is 1. The summed E-state index contributed by atoms with van der Waals surface area (Å²) in [6, 6.07) is 20.1. The van der Waals surface area contributed by atoms with E-state index in [9.17, 15) is 9.90 Å². The lowest BCUT2D eigenvalue weighted by atomic mass is 9.84. The van der Waals surface area contributed by atoms with E-state index in [1.165, 1.54) is 0 Å². The molecule has 34 heavy (non-hydrogen) atoms. The molecule has 5 heteroatoms. The van der Waals surface area contributed by atoms with E-state index in [2.05, 4.69) is 25.7 Å². The molecule has 2 heterocycles. The van der Waals surface area contributed by atoms with Gasteiger partial charge in [-0.1, -0.05) is 87.9 Å². The summed E-state index contributed by atoms with van der Waals surface area (Å²) < 4.78 is 0. The molecule has 1 atom stereocenters. The average molecular weight is 462 g/mol. The number of piperidine rings is 1. The topological polar surface area (TPSA) is 56.1 Å². The number of likely N-dealkylation sites (tertiary alicyclic amines) is 1. The van der Waals surface area contributed by atoms with E-state index in [-0.39, 0.29) is 11.8 Å². The van der Waals surface area contributed by atoms with Gasteiger partial charge in [-0.15, -0.1) is 0 Å². The first-order chi connectivity index (χ1) is 16.4. The molecule has 1 unspecified atom stereocenters. The van der Waals surface area contributed by atoms with Crippen LogP contribution in [0, 0.1) is 5.92 Å². The van der Waals surface area contributed by atoms with Gasteiger partial charge in [-0.2, -0.15) is 0 Å². The molecular weight excluding hydrogens is 422 g/mol. The van der Waals surface area contributed by atoms with Crippen LogP contribution in [0.25, 0.3) is 0 Å². The zero-order valence-corrected chi connectivity index (χ0v) is 20.9. The van der Waals surface area contributed by atoms with E-state index in [0.29, 0.717) is 6.54 Å². The zero-order valence-electron chi connectivity index (χ0n) is 20.9. The van der Waals surface area contributed by atoms with Gasteiger partial charge in [0.1, 0.15) is 5.84 Å². The quantitative estimate of drug-likeness (QED) is 0.575. The molecule has 0 aliphatic carbocycles. The van der Waals surface area contributed by atoms with Gasteiger partial charge in [0.25, 0.3) is 5.91 Å². The summed E-state index contributed by atoms with van der Waals surface area (Å²) in [5.74, 6) is 1.24. The molecule has 2 aromatic rings. The Morgan fingerprint density at radius 1 is 0.941 bits per heavy atom. The summed E-state index contributed by atoms with van der Waals surface area (Å²) in [6.07, 6.45) is 4.02. The Kier molecular flexibility index (Phi) is 7.54. The summed E-state index contributed by atoms with van der Waals surface area (Å²) in [4.78, 5) is 23.3. The molecule has 0 aromatic heterocycles. The second-order valence-electron chi connectivity index (χ2n) is 10.2. The number of aliphatic hydroxyl groups is 1. The molecule has 0 bridgehead atoms. The Balaban J connectivity index is 1.39. The van der Waals surface area contributed by atoms with Crippen molar-refractivity contribution in [2.45, 2.75) is 64.0 Å². The number of nitrogens with zero attached hydrogens (tertiary/aromatic N) is 3. The second kappa shape index (κ2) is 10.4. The highest BCUT2D eigenvalue weighted by molar-refractivity contribution is 6.09. The lowest BCUT2D eigenvalue weighted by Gasteiger charge is -2.38. The van der Waals surface area contributed by atoms with Crippen LogP contribution in [-0.4, -0.2) is 52.8 Å². The van der Waals surface area contributed by atoms with Crippen LogP contribution < -0.4 is 0 Å². The summed E-state index contributed by atoms with van der Waals surface area (Å²) >= 11 is 0. The van der Waals surface area contributed by atoms with E-state index in [0.717, 1.165) is 68.7 Å². The minimum absolute atomic E-state index is 0.126. The fourth-order valence-electron chi connectivity index (χ4n) is 5.49. The predicted octanol–water partition coefficient (Wildman–Crippen LogP) is 4.95. The predicted molar refractivity (Wildman–Crippen MR) is 138 cm³/mol. The largest absolute Gasteiger partial charge is 0.385 e. The van der Waals surface area contributed by atoms with Gasteiger partial charge in [0, 0.05) is 25.6 Å². The lowest BCUT2D eigenvalue weighted by Crippen LogP contribution is -2.45. The van der Waals surface area contributed by atoms with Crippen molar-refractivity contribution in [3.8, 4) is 0 Å². The van der Waals surface area contributed by atoms with E-state index in [1.807, 2.05) is 65.6 Å². The summed E-state index contributed by atoms with van der Waals surface area (Å²) in [5, 5.41) is 11.1. The van der Waals surface area contributed by atoms with Crippen molar-refractivity contribution in [1.82, 2.24) is 9.80 Å². The highest BCUT2D eigenvalue weighted by Gasteiger charge is 2.49. The second-order valence-corrected chi connectivity index (χ2v) is 10.2. The SMILES string of the molecule is CCCC1(c2ccccc2)N=C(C(C)C)N(CCCN2CCC(O)(c3ccccc3)CC2)C1=O. The summed E-state index contributed by atoms with van der Waals surface area (Å²) in [7, 11) is 0. The third-order valence-corrected chi connectivity index (χ3v) is 7.41. The van der Waals surface area contributed by atoms with Crippen LogP contribution in [0.3, 0.4) is 0 Å². The molecular formula is C29H39N3O2. The number of hydrogen-bond acceptors (Lipinski definition) is 4. The molecule has 2 aliphatic heterocycles. The Hall–Kier alpha value is -2.50. The Morgan fingerprint density at radius 3 is 2.09 bits per heavy atom. The third-order valence-electron chi connectivity index (χ3n) is 7.41. The maximum Gasteiger partial charge on any atom is 0.260 e. The molecule has 2 aliphatic rings. The normalized spacial score (nSPS) is 22.9. The van der Waals surface area contributed by atoms with Gasteiger partial charge in [-0.3, -0.25) is 14.7 Å². The molecule has 1 N–H and O–H groups in total. The number of amidine groups is 1. The van der Waals surface area contributed by atoms with Crippen LogP contribution in [0.1, 0.15) is 64.0 Å². The maximum absolute atomic E-state index is 13.8. The van der Waals surface area contributed by atoms with Gasteiger partial charge in [-0.25, -0.2) is 0 Å². The number of aliphatic imine (C=N–C) groups is 1. The van der Waals surface area contributed by atoms with Crippen molar-refractivity contribution in [3.63, 3.8) is 0 Å². The molecule has 0 spiro atoms. The van der Waals surface area contributed by atoms with E-state index < -0.39 is 11.1 Å². The summed E-state index contributed by atoms with van der Waals surface area (Å²) in [6.45, 7) is 9.73. The maximum atomic E-state index is 13.8. The van der Waals surface area contributed by atoms with Crippen molar-refractivity contribution in [2.75, 3.05) is 26.2 Å². The number of benzene rings is 2. The van der Waals surface area contributed by atoms with Crippen LogP contribution in [0.4, 0.5) is 0 Å². The van der Waals surface area contributed by atoms with Gasteiger partial charge >= 0.3 is 0 Å². The molecule has 4 rings (SSSR count). The molecule has 2 aromatic carbocycles. The van der Waals surface area contributed by atoms with Crippen LogP contribution in [-0.2, 0) is 15.9 Å². The first-order valence-electron chi connectivity index (χ1n) is 12.9. The molecule has 182 valence electrons. The zero-order chi connectivity index (χ0) is 24.2. The molecule has 1 saturated heterocycles. The molecule has 1 fully saturated rings. The molecule has 0 saturated carbocycles. The van der Waals surface area contributed by atoms with E-state index in [1.54, 1.807) is 0 Å². The summed E-state index contributed by atoms with van der Waals surface area (Å²) in [5.41, 5.74) is 0.504. The number of rotatable bonds is 9. The fraction of sp³-hybridized carbons (Fsp3) is 0.517. The van der Waals surface area contributed by atoms with Crippen molar-refractivity contribution >= 4 is 11.7 Å². The van der Waals surface area contributed by atoms with Gasteiger partial charge in [-0.05, 0) is 43.4 Å². The van der Waals surface area contributed by atoms with Crippen LogP contribution in [0.5, 0.6) is 0 Å². The van der Waals surface area contributed by atoms with Crippen molar-refractivity contribution < 1.29 is 9.90 Å². The lowest BCUT2D eigenvalue weighted by molar-refractivity contribution is -0.132. The first kappa shape index (κ1) is 24.6. The van der Waals surface area contributed by atoms with Crippen molar-refractivity contribution in [3.05, 3.63) is 71.8 Å². The first-order valence-corrected chi connectivity index (χ1v) is 12.9. The van der Waals surface area contributed by atoms with Crippen molar-refractivity contribution in [2.24, 2.45) is 10.9 Å². The molecule has 0 radical (unpaired) electrons. The van der Waals surface area contributed by atoms with Crippen LogP contribution in [0.15, 0.2) is 65.7 Å². The standard InChI is InChI=1S/C29H39N3O2/c1-4-16-29(25-14-9-6-10-15-25)27(33)32(26(30-29)23(2)3)20-11-19-31-21-17-28(34,18-22-31)24-12-7-5-8-13-24/h5-10,12-15,23,34H,4,11,16-22H2,1-3H3. The molecule has 1 amide bonds. The van der Waals surface area contributed by atoms with E-state index in [4.69, 9.17) is 4.99 Å². The van der Waals surface area contributed by atoms with Gasteiger partial charge in [0.2, 0.25) is 0 Å². The van der Waals surface area contributed by atoms with Crippen LogP contribution in [0.2, 0.25) is 0 Å². The monoisotopic (exact) mass is 461 g/mol. The van der Waals surface area contributed by atoms with E-state index >= 15 is 0 Å². The smallest absolute Gasteiger partial charge is 0.260 e.